The Kier molecular flexibility index (Phi) is 3.40. The highest BCUT2D eigenvalue weighted by Crippen LogP contribution is 2.12. The third-order valence-corrected chi connectivity index (χ3v) is 2.39. The first-order valence-corrected chi connectivity index (χ1v) is 5.30. The highest BCUT2D eigenvalue weighted by molar-refractivity contribution is 5.76. The molecule has 0 amide bonds. The van der Waals surface area contributed by atoms with Crippen molar-refractivity contribution in [2.24, 2.45) is 0 Å². The highest BCUT2D eigenvalue weighted by Gasteiger charge is 2.00. The lowest BCUT2D eigenvalue weighted by molar-refractivity contribution is -0.354. The molecule has 3 heteroatoms. The predicted molar refractivity (Wildman–Crippen MR) is 67.9 cm³/mol. The van der Waals surface area contributed by atoms with Crippen LogP contribution in [0, 0.1) is 5.21 Å². The van der Waals surface area contributed by atoms with Crippen molar-refractivity contribution < 1.29 is 9.48 Å². The van der Waals surface area contributed by atoms with Crippen molar-refractivity contribution in [2.45, 2.75) is 0 Å². The molecule has 0 aliphatic carbocycles. The summed E-state index contributed by atoms with van der Waals surface area (Å²) < 4.78 is 5.90. The van der Waals surface area contributed by atoms with Crippen LogP contribution in [0.2, 0.25) is 0 Å². The second-order valence-electron chi connectivity index (χ2n) is 3.56. The van der Waals surface area contributed by atoms with Gasteiger partial charge in [-0.25, -0.2) is 0 Å². The number of rotatable bonds is 3. The maximum Gasteiger partial charge on any atom is 0.216 e. The van der Waals surface area contributed by atoms with E-state index in [1.165, 1.54) is 6.21 Å². The zero-order valence-corrected chi connectivity index (χ0v) is 9.54. The van der Waals surface area contributed by atoms with Gasteiger partial charge in [-0.15, -0.1) is 0 Å². The minimum atomic E-state index is 0.614. The van der Waals surface area contributed by atoms with Crippen LogP contribution >= 0.6 is 0 Å². The van der Waals surface area contributed by atoms with E-state index in [9.17, 15) is 5.21 Å². The monoisotopic (exact) mass is 227 g/mol. The van der Waals surface area contributed by atoms with Crippen LogP contribution in [0.1, 0.15) is 5.56 Å². The molecular formula is C14H13NO2. The van der Waals surface area contributed by atoms with Crippen molar-refractivity contribution in [3.05, 3.63) is 65.4 Å². The van der Waals surface area contributed by atoms with E-state index >= 15 is 0 Å². The third kappa shape index (κ3) is 2.84. The van der Waals surface area contributed by atoms with Gasteiger partial charge < -0.3 is 9.94 Å². The van der Waals surface area contributed by atoms with E-state index < -0.39 is 0 Å². The van der Waals surface area contributed by atoms with Gasteiger partial charge in [-0.05, 0) is 24.3 Å². The average molecular weight is 227 g/mol. The van der Waals surface area contributed by atoms with Crippen LogP contribution in [-0.4, -0.2) is 18.1 Å². The van der Waals surface area contributed by atoms with Gasteiger partial charge in [0.05, 0.1) is 7.11 Å². The Balaban J connectivity index is 2.23. The van der Waals surface area contributed by atoms with Crippen LogP contribution in [0.4, 0.5) is 5.69 Å². The quantitative estimate of drug-likeness (QED) is 0.350. The summed E-state index contributed by atoms with van der Waals surface area (Å²) in [5, 5.41) is 11.8. The lowest BCUT2D eigenvalue weighted by Crippen LogP contribution is -1.98. The number of methoxy groups -OCH3 is 1. The Morgan fingerprint density at radius 3 is 2.24 bits per heavy atom. The fraction of sp³-hybridized carbons (Fsp3) is 0.0714. The van der Waals surface area contributed by atoms with Crippen LogP contribution in [-0.2, 0) is 0 Å². The van der Waals surface area contributed by atoms with E-state index in [2.05, 4.69) is 0 Å². The number of hydrogen-bond donors (Lipinski definition) is 0. The Bertz CT molecular complexity index is 504. The van der Waals surface area contributed by atoms with E-state index in [0.717, 1.165) is 16.1 Å². The summed E-state index contributed by atoms with van der Waals surface area (Å²) >= 11 is 0. The van der Waals surface area contributed by atoms with Crippen LogP contribution in [0.3, 0.4) is 0 Å². The van der Waals surface area contributed by atoms with Crippen molar-refractivity contribution in [2.75, 3.05) is 7.11 Å². The molecule has 0 aromatic heterocycles. The largest absolute Gasteiger partial charge is 0.618 e. The molecule has 86 valence electrons. The summed E-state index contributed by atoms with van der Waals surface area (Å²) in [5.41, 5.74) is 1.45. The van der Waals surface area contributed by atoms with Crippen LogP contribution in [0.25, 0.3) is 0 Å². The second kappa shape index (κ2) is 5.16. The summed E-state index contributed by atoms with van der Waals surface area (Å²) in [4.78, 5) is 0. The van der Waals surface area contributed by atoms with Crippen molar-refractivity contribution in [1.82, 2.24) is 0 Å². The maximum absolute atomic E-state index is 11.8. The Morgan fingerprint density at radius 2 is 1.65 bits per heavy atom. The van der Waals surface area contributed by atoms with Gasteiger partial charge in [-0.3, -0.25) is 0 Å². The van der Waals surface area contributed by atoms with Gasteiger partial charge in [-0.2, -0.15) is 4.74 Å². The molecule has 0 aliphatic heterocycles. The molecule has 17 heavy (non-hydrogen) atoms. The first kappa shape index (κ1) is 11.2. The van der Waals surface area contributed by atoms with E-state index in [0.29, 0.717) is 5.69 Å². The SMILES string of the molecule is COc1ccc(/C=[N+](/[O-])c2ccccc2)cc1. The third-order valence-electron chi connectivity index (χ3n) is 2.39. The van der Waals surface area contributed by atoms with Gasteiger partial charge in [0, 0.05) is 17.7 Å². The molecule has 0 aliphatic rings. The molecule has 0 saturated heterocycles. The minimum absolute atomic E-state index is 0.614. The van der Waals surface area contributed by atoms with Crippen molar-refractivity contribution in [3.63, 3.8) is 0 Å². The van der Waals surface area contributed by atoms with Crippen LogP contribution < -0.4 is 4.74 Å². The number of para-hydroxylation sites is 1. The van der Waals surface area contributed by atoms with Crippen molar-refractivity contribution in [1.29, 1.82) is 0 Å². The van der Waals surface area contributed by atoms with E-state index in [-0.39, 0.29) is 0 Å². The van der Waals surface area contributed by atoms with Crippen molar-refractivity contribution >= 4 is 11.9 Å². The second-order valence-corrected chi connectivity index (χ2v) is 3.56. The molecule has 0 N–H and O–H groups in total. The Hall–Kier alpha value is -2.29. The summed E-state index contributed by atoms with van der Waals surface area (Å²) in [6, 6.07) is 16.4. The predicted octanol–water partition coefficient (Wildman–Crippen LogP) is 2.96. The molecule has 0 bridgehead atoms. The van der Waals surface area contributed by atoms with Gasteiger partial charge in [0.2, 0.25) is 5.69 Å². The lowest BCUT2D eigenvalue weighted by Gasteiger charge is -2.03. The Morgan fingerprint density at radius 1 is 1.00 bits per heavy atom. The highest BCUT2D eigenvalue weighted by atomic mass is 16.5. The maximum atomic E-state index is 11.8. The van der Waals surface area contributed by atoms with Crippen LogP contribution in [0.5, 0.6) is 5.75 Å². The minimum Gasteiger partial charge on any atom is -0.618 e. The number of hydrogen-bond acceptors (Lipinski definition) is 2. The zero-order chi connectivity index (χ0) is 12.1. The van der Waals surface area contributed by atoms with Gasteiger partial charge in [0.25, 0.3) is 0 Å². The average Bonchev–Trinajstić information content (AvgIpc) is 2.40. The molecule has 0 heterocycles. The standard InChI is InChI=1S/C14H13NO2/c1-17-14-9-7-12(8-10-14)11-15(16)13-5-3-2-4-6-13/h2-11H,1H3/b15-11+. The molecule has 2 aromatic rings. The molecule has 2 rings (SSSR count). The van der Waals surface area contributed by atoms with E-state index in [1.807, 2.05) is 42.5 Å². The molecule has 0 spiro atoms. The fourth-order valence-electron chi connectivity index (χ4n) is 1.47. The number of benzene rings is 2. The molecule has 2 aromatic carbocycles. The normalized spacial score (nSPS) is 11.2. The first-order chi connectivity index (χ1) is 8.29. The molecule has 0 saturated carbocycles. The first-order valence-electron chi connectivity index (χ1n) is 5.30. The number of nitrogens with zero attached hydrogens (tertiary/aromatic N) is 1. The van der Waals surface area contributed by atoms with Crippen molar-refractivity contribution in [3.8, 4) is 5.75 Å². The topological polar surface area (TPSA) is 35.3 Å². The van der Waals surface area contributed by atoms with Gasteiger partial charge >= 0.3 is 0 Å². The molecule has 0 unspecified atom stereocenters. The van der Waals surface area contributed by atoms with Gasteiger partial charge in [0.1, 0.15) is 5.75 Å². The van der Waals surface area contributed by atoms with E-state index in [4.69, 9.17) is 4.74 Å². The zero-order valence-electron chi connectivity index (χ0n) is 9.54. The summed E-state index contributed by atoms with van der Waals surface area (Å²) in [6.45, 7) is 0. The summed E-state index contributed by atoms with van der Waals surface area (Å²) in [6.07, 6.45) is 1.54. The molecule has 0 fully saturated rings. The summed E-state index contributed by atoms with van der Waals surface area (Å²) in [5.74, 6) is 0.777. The molecular weight excluding hydrogens is 214 g/mol. The molecule has 0 atom stereocenters. The lowest BCUT2D eigenvalue weighted by atomic mass is 10.2. The van der Waals surface area contributed by atoms with Crippen LogP contribution in [0.15, 0.2) is 54.6 Å². The smallest absolute Gasteiger partial charge is 0.216 e. The summed E-state index contributed by atoms with van der Waals surface area (Å²) in [7, 11) is 1.61. The van der Waals surface area contributed by atoms with Gasteiger partial charge in [-0.1, -0.05) is 18.2 Å². The Labute approximate surface area is 100 Å². The molecule has 0 radical (unpaired) electrons. The van der Waals surface area contributed by atoms with E-state index in [1.54, 1.807) is 19.2 Å². The molecule has 3 nitrogen and oxygen atoms in total. The fourth-order valence-corrected chi connectivity index (χ4v) is 1.47. The van der Waals surface area contributed by atoms with Gasteiger partial charge in [0.15, 0.2) is 6.21 Å². The number of ether oxygens (including phenoxy) is 1.